The number of hydrogen-bond acceptors (Lipinski definition) is 5. The quantitative estimate of drug-likeness (QED) is 0.596. The smallest absolute Gasteiger partial charge is 0.340 e. The van der Waals surface area contributed by atoms with E-state index in [0.29, 0.717) is 25.2 Å². The van der Waals surface area contributed by atoms with E-state index in [4.69, 9.17) is 9.47 Å². The molecule has 3 aromatic rings. The van der Waals surface area contributed by atoms with E-state index >= 15 is 0 Å². The van der Waals surface area contributed by atoms with Gasteiger partial charge in [0.25, 0.3) is 0 Å². The van der Waals surface area contributed by atoms with Gasteiger partial charge in [0.1, 0.15) is 11.9 Å². The summed E-state index contributed by atoms with van der Waals surface area (Å²) >= 11 is 0. The van der Waals surface area contributed by atoms with Crippen molar-refractivity contribution in [3.05, 3.63) is 78.1 Å². The van der Waals surface area contributed by atoms with Crippen LogP contribution < -0.4 is 15.0 Å². The molecule has 7 nitrogen and oxygen atoms in total. The number of benzene rings is 2. The third-order valence-electron chi connectivity index (χ3n) is 5.24. The van der Waals surface area contributed by atoms with Crippen LogP contribution in [-0.2, 0) is 16.1 Å². The third kappa shape index (κ3) is 4.55. The minimum absolute atomic E-state index is 0.0505. The van der Waals surface area contributed by atoms with Gasteiger partial charge in [0.2, 0.25) is 5.91 Å². The van der Waals surface area contributed by atoms with Gasteiger partial charge < -0.3 is 24.3 Å². The van der Waals surface area contributed by atoms with Crippen molar-refractivity contribution in [2.75, 3.05) is 25.1 Å². The van der Waals surface area contributed by atoms with Gasteiger partial charge in [0.05, 0.1) is 37.1 Å². The summed E-state index contributed by atoms with van der Waals surface area (Å²) in [7, 11) is 1.39. The SMILES string of the molecule is COC(=O)c1cccc(N2CC(Oc3ccc(CNC(C)=O)cc3)C2)c1-n1cccc1. The Balaban J connectivity index is 1.44. The van der Waals surface area contributed by atoms with Gasteiger partial charge in [-0.25, -0.2) is 4.79 Å². The molecule has 0 radical (unpaired) electrons. The Bertz CT molecular complexity index is 1050. The van der Waals surface area contributed by atoms with Crippen molar-refractivity contribution in [1.29, 1.82) is 0 Å². The predicted octanol–water partition coefficient (Wildman–Crippen LogP) is 3.17. The Morgan fingerprint density at radius 1 is 1.03 bits per heavy atom. The second-order valence-electron chi connectivity index (χ2n) is 7.45. The largest absolute Gasteiger partial charge is 0.487 e. The standard InChI is InChI=1S/C24H25N3O4/c1-17(28)25-14-18-8-10-19(11-9-18)31-20-15-27(16-20)22-7-5-6-21(24(29)30-2)23(22)26-12-3-4-13-26/h3-13,20H,14-16H2,1-2H3,(H,25,28). The summed E-state index contributed by atoms with van der Waals surface area (Å²) in [6.07, 6.45) is 3.89. The van der Waals surface area contributed by atoms with E-state index in [-0.39, 0.29) is 18.0 Å². The number of nitrogens with one attached hydrogen (secondary N) is 1. The van der Waals surface area contributed by atoms with Crippen molar-refractivity contribution in [3.63, 3.8) is 0 Å². The zero-order chi connectivity index (χ0) is 21.8. The molecule has 0 saturated carbocycles. The second-order valence-corrected chi connectivity index (χ2v) is 7.45. The third-order valence-corrected chi connectivity index (χ3v) is 5.24. The van der Waals surface area contributed by atoms with Crippen molar-refractivity contribution < 1.29 is 19.1 Å². The van der Waals surface area contributed by atoms with Crippen LogP contribution in [0.25, 0.3) is 5.69 Å². The number of rotatable bonds is 7. The monoisotopic (exact) mass is 419 g/mol. The fourth-order valence-corrected chi connectivity index (χ4v) is 3.63. The van der Waals surface area contributed by atoms with Crippen molar-refractivity contribution in [3.8, 4) is 11.4 Å². The first-order valence-electron chi connectivity index (χ1n) is 10.1. The number of para-hydroxylation sites is 1. The first kappa shape index (κ1) is 20.5. The molecular formula is C24H25N3O4. The number of nitrogens with zero attached hydrogens (tertiary/aromatic N) is 2. The molecule has 0 spiro atoms. The molecular weight excluding hydrogens is 394 g/mol. The van der Waals surface area contributed by atoms with E-state index in [2.05, 4.69) is 10.2 Å². The van der Waals surface area contributed by atoms with E-state index in [1.807, 2.05) is 65.5 Å². The molecule has 2 aromatic carbocycles. The highest BCUT2D eigenvalue weighted by atomic mass is 16.5. The van der Waals surface area contributed by atoms with Gasteiger partial charge in [0, 0.05) is 25.9 Å². The highest BCUT2D eigenvalue weighted by Crippen LogP contribution is 2.33. The van der Waals surface area contributed by atoms with Crippen LogP contribution in [-0.4, -0.2) is 42.7 Å². The molecule has 0 unspecified atom stereocenters. The summed E-state index contributed by atoms with van der Waals surface area (Å²) < 4.78 is 13.0. The second kappa shape index (κ2) is 8.95. The minimum atomic E-state index is -0.363. The fourth-order valence-electron chi connectivity index (χ4n) is 3.63. The van der Waals surface area contributed by atoms with Crippen molar-refractivity contribution >= 4 is 17.6 Å². The number of anilines is 1. The molecule has 2 heterocycles. The lowest BCUT2D eigenvalue weighted by Crippen LogP contribution is -2.54. The number of methoxy groups -OCH3 is 1. The van der Waals surface area contributed by atoms with E-state index in [0.717, 1.165) is 22.7 Å². The molecule has 1 aliphatic heterocycles. The maximum absolute atomic E-state index is 12.3. The molecule has 0 bridgehead atoms. The van der Waals surface area contributed by atoms with Gasteiger partial charge in [-0.3, -0.25) is 4.79 Å². The van der Waals surface area contributed by atoms with Crippen LogP contribution in [0.15, 0.2) is 67.0 Å². The molecule has 1 amide bonds. The number of aromatic nitrogens is 1. The highest BCUT2D eigenvalue weighted by Gasteiger charge is 2.32. The molecule has 160 valence electrons. The van der Waals surface area contributed by atoms with Gasteiger partial charge in [0.15, 0.2) is 0 Å². The topological polar surface area (TPSA) is 72.8 Å². The zero-order valence-electron chi connectivity index (χ0n) is 17.6. The minimum Gasteiger partial charge on any atom is -0.487 e. The van der Waals surface area contributed by atoms with Crippen LogP contribution in [0.3, 0.4) is 0 Å². The molecule has 31 heavy (non-hydrogen) atoms. The molecule has 1 aromatic heterocycles. The highest BCUT2D eigenvalue weighted by molar-refractivity contribution is 5.96. The average Bonchev–Trinajstić information content (AvgIpc) is 3.28. The van der Waals surface area contributed by atoms with Crippen LogP contribution in [0.5, 0.6) is 5.75 Å². The first-order chi connectivity index (χ1) is 15.0. The van der Waals surface area contributed by atoms with Crippen LogP contribution in [0.1, 0.15) is 22.8 Å². The molecule has 4 rings (SSSR count). The van der Waals surface area contributed by atoms with E-state index in [1.165, 1.54) is 14.0 Å². The maximum atomic E-state index is 12.3. The maximum Gasteiger partial charge on any atom is 0.340 e. The molecule has 1 fully saturated rings. The van der Waals surface area contributed by atoms with E-state index in [9.17, 15) is 9.59 Å². The summed E-state index contributed by atoms with van der Waals surface area (Å²) in [4.78, 5) is 25.5. The number of amides is 1. The van der Waals surface area contributed by atoms with Crippen molar-refractivity contribution in [1.82, 2.24) is 9.88 Å². The molecule has 1 N–H and O–H groups in total. The Morgan fingerprint density at radius 2 is 1.74 bits per heavy atom. The Morgan fingerprint density at radius 3 is 2.39 bits per heavy atom. The van der Waals surface area contributed by atoms with Gasteiger partial charge in [-0.15, -0.1) is 0 Å². The summed E-state index contributed by atoms with van der Waals surface area (Å²) in [5, 5.41) is 2.78. The van der Waals surface area contributed by atoms with Gasteiger partial charge in [-0.1, -0.05) is 18.2 Å². The molecule has 1 saturated heterocycles. The molecule has 0 aliphatic carbocycles. The lowest BCUT2D eigenvalue weighted by molar-refractivity contribution is -0.119. The number of carbonyl (C=O) groups excluding carboxylic acids is 2. The van der Waals surface area contributed by atoms with Gasteiger partial charge in [-0.2, -0.15) is 0 Å². The van der Waals surface area contributed by atoms with Crippen LogP contribution in [0, 0.1) is 0 Å². The zero-order valence-corrected chi connectivity index (χ0v) is 17.6. The van der Waals surface area contributed by atoms with Gasteiger partial charge in [-0.05, 0) is 42.0 Å². The normalized spacial score (nSPS) is 13.4. The number of hydrogen-bond donors (Lipinski definition) is 1. The van der Waals surface area contributed by atoms with Gasteiger partial charge >= 0.3 is 5.97 Å². The number of carbonyl (C=O) groups is 2. The number of esters is 1. The molecule has 7 heteroatoms. The van der Waals surface area contributed by atoms with Crippen LogP contribution >= 0.6 is 0 Å². The van der Waals surface area contributed by atoms with E-state index in [1.54, 1.807) is 6.07 Å². The lowest BCUT2D eigenvalue weighted by Gasteiger charge is -2.41. The Kier molecular flexibility index (Phi) is 5.93. The Hall–Kier alpha value is -3.74. The number of ether oxygens (including phenoxy) is 2. The Labute approximate surface area is 181 Å². The summed E-state index contributed by atoms with van der Waals surface area (Å²) in [5.41, 5.74) is 3.31. The van der Waals surface area contributed by atoms with Crippen molar-refractivity contribution in [2.45, 2.75) is 19.6 Å². The van der Waals surface area contributed by atoms with Crippen molar-refractivity contribution in [2.24, 2.45) is 0 Å². The summed E-state index contributed by atoms with van der Waals surface area (Å²) in [5.74, 6) is 0.383. The molecule has 0 atom stereocenters. The lowest BCUT2D eigenvalue weighted by atomic mass is 10.1. The van der Waals surface area contributed by atoms with E-state index < -0.39 is 0 Å². The fraction of sp³-hybridized carbons (Fsp3) is 0.250. The summed E-state index contributed by atoms with van der Waals surface area (Å²) in [6.45, 7) is 3.44. The first-order valence-corrected chi connectivity index (χ1v) is 10.1. The average molecular weight is 419 g/mol. The summed E-state index contributed by atoms with van der Waals surface area (Å²) in [6, 6.07) is 17.3. The molecule has 1 aliphatic rings. The van der Waals surface area contributed by atoms with Crippen LogP contribution in [0.4, 0.5) is 5.69 Å². The van der Waals surface area contributed by atoms with Crippen LogP contribution in [0.2, 0.25) is 0 Å². The predicted molar refractivity (Wildman–Crippen MR) is 118 cm³/mol.